The largest absolute Gasteiger partial charge is 0.346 e. The van der Waals surface area contributed by atoms with Gasteiger partial charge in [0, 0.05) is 17.8 Å². The van der Waals surface area contributed by atoms with Gasteiger partial charge in [0.15, 0.2) is 11.6 Å². The number of likely N-dealkylation sites (N-methyl/N-ethyl adjacent to an activating group) is 1. The second kappa shape index (κ2) is 8.93. The highest BCUT2D eigenvalue weighted by Crippen LogP contribution is 2.33. The van der Waals surface area contributed by atoms with Gasteiger partial charge >= 0.3 is 0 Å². The molecule has 2 amide bonds. The summed E-state index contributed by atoms with van der Waals surface area (Å²) in [5.41, 5.74) is 2.70. The standard InChI is InChI=1S/C21H23F2N3O2/c1-26(19-8-4-6-14-5-2-3-7-16(14)19)13-21(28)24-12-20(27)25-15-9-10-17(22)18(23)11-15/h2-3,5,7,9-11,19H,4,6,8,12-13H2,1H3,(H,24,28)(H,25,27)/t19-/m0/s1. The number of hydrogen-bond acceptors (Lipinski definition) is 3. The number of benzene rings is 2. The molecule has 28 heavy (non-hydrogen) atoms. The maximum atomic E-state index is 13.2. The minimum Gasteiger partial charge on any atom is -0.346 e. The topological polar surface area (TPSA) is 61.4 Å². The Morgan fingerprint density at radius 1 is 1.11 bits per heavy atom. The second-order valence-corrected chi connectivity index (χ2v) is 6.98. The Morgan fingerprint density at radius 2 is 1.89 bits per heavy atom. The van der Waals surface area contributed by atoms with E-state index in [1.807, 2.05) is 24.1 Å². The molecular formula is C21H23F2N3O2. The fourth-order valence-electron chi connectivity index (χ4n) is 3.54. The normalized spacial score (nSPS) is 15.8. The van der Waals surface area contributed by atoms with Gasteiger partial charge in [-0.05, 0) is 49.6 Å². The summed E-state index contributed by atoms with van der Waals surface area (Å²) >= 11 is 0. The maximum absolute atomic E-state index is 13.2. The molecule has 1 atom stereocenters. The molecule has 3 rings (SSSR count). The third-order valence-corrected chi connectivity index (χ3v) is 4.91. The summed E-state index contributed by atoms with van der Waals surface area (Å²) in [6, 6.07) is 11.5. The van der Waals surface area contributed by atoms with Crippen LogP contribution in [0.1, 0.15) is 30.0 Å². The lowest BCUT2D eigenvalue weighted by atomic mass is 9.87. The van der Waals surface area contributed by atoms with Crippen LogP contribution in [0.3, 0.4) is 0 Å². The molecule has 0 aliphatic heterocycles. The summed E-state index contributed by atoms with van der Waals surface area (Å²) in [4.78, 5) is 26.1. The predicted octanol–water partition coefficient (Wildman–Crippen LogP) is 3.03. The van der Waals surface area contributed by atoms with Crippen LogP contribution in [0.2, 0.25) is 0 Å². The molecule has 0 heterocycles. The summed E-state index contributed by atoms with van der Waals surface area (Å²) in [6.07, 6.45) is 3.11. The molecule has 0 unspecified atom stereocenters. The van der Waals surface area contributed by atoms with Gasteiger partial charge in [-0.15, -0.1) is 0 Å². The van der Waals surface area contributed by atoms with Crippen molar-refractivity contribution in [1.82, 2.24) is 10.2 Å². The quantitative estimate of drug-likeness (QED) is 0.801. The maximum Gasteiger partial charge on any atom is 0.243 e. The first-order chi connectivity index (χ1) is 13.4. The Morgan fingerprint density at radius 3 is 2.68 bits per heavy atom. The Balaban J connectivity index is 1.49. The smallest absolute Gasteiger partial charge is 0.243 e. The number of carbonyl (C=O) groups is 2. The summed E-state index contributed by atoms with van der Waals surface area (Å²) < 4.78 is 26.1. The number of halogens is 2. The number of nitrogens with one attached hydrogen (secondary N) is 2. The molecule has 5 nitrogen and oxygen atoms in total. The first kappa shape index (κ1) is 19.9. The molecule has 0 radical (unpaired) electrons. The molecule has 2 N–H and O–H groups in total. The third kappa shape index (κ3) is 4.92. The van der Waals surface area contributed by atoms with Crippen molar-refractivity contribution in [2.75, 3.05) is 25.5 Å². The number of carbonyl (C=O) groups excluding carboxylic acids is 2. The molecule has 0 spiro atoms. The highest BCUT2D eigenvalue weighted by Gasteiger charge is 2.24. The number of fused-ring (bicyclic) bond motifs is 1. The van der Waals surface area contributed by atoms with E-state index in [0.717, 1.165) is 31.4 Å². The van der Waals surface area contributed by atoms with Crippen LogP contribution in [-0.4, -0.2) is 36.9 Å². The van der Waals surface area contributed by atoms with E-state index in [4.69, 9.17) is 0 Å². The van der Waals surface area contributed by atoms with Gasteiger partial charge in [0.1, 0.15) is 0 Å². The molecule has 2 aromatic rings. The Labute approximate surface area is 162 Å². The average Bonchev–Trinajstić information content (AvgIpc) is 2.68. The van der Waals surface area contributed by atoms with Gasteiger partial charge in [0.25, 0.3) is 0 Å². The lowest BCUT2D eigenvalue weighted by Crippen LogP contribution is -2.40. The molecule has 148 valence electrons. The van der Waals surface area contributed by atoms with E-state index in [1.165, 1.54) is 17.2 Å². The van der Waals surface area contributed by atoms with E-state index in [-0.39, 0.29) is 30.7 Å². The Bertz CT molecular complexity index is 872. The van der Waals surface area contributed by atoms with Gasteiger partial charge in [-0.3, -0.25) is 14.5 Å². The minimum atomic E-state index is -1.05. The molecule has 2 aromatic carbocycles. The average molecular weight is 387 g/mol. The second-order valence-electron chi connectivity index (χ2n) is 6.98. The van der Waals surface area contributed by atoms with E-state index in [9.17, 15) is 18.4 Å². The van der Waals surface area contributed by atoms with Crippen molar-refractivity contribution < 1.29 is 18.4 Å². The van der Waals surface area contributed by atoms with Gasteiger partial charge in [-0.2, -0.15) is 0 Å². The van der Waals surface area contributed by atoms with Gasteiger partial charge in [-0.1, -0.05) is 24.3 Å². The molecule has 0 bridgehead atoms. The fraction of sp³-hybridized carbons (Fsp3) is 0.333. The lowest BCUT2D eigenvalue weighted by molar-refractivity contribution is -0.125. The first-order valence-electron chi connectivity index (χ1n) is 9.23. The minimum absolute atomic E-state index is 0.133. The molecule has 0 saturated heterocycles. The monoisotopic (exact) mass is 387 g/mol. The van der Waals surface area contributed by atoms with E-state index in [1.54, 1.807) is 0 Å². The molecule has 7 heteroatoms. The summed E-state index contributed by atoms with van der Waals surface area (Å²) in [7, 11) is 1.90. The summed E-state index contributed by atoms with van der Waals surface area (Å²) in [6.45, 7) is -0.0790. The lowest BCUT2D eigenvalue weighted by Gasteiger charge is -2.32. The van der Waals surface area contributed by atoms with Crippen molar-refractivity contribution in [2.45, 2.75) is 25.3 Å². The van der Waals surface area contributed by atoms with Crippen LogP contribution < -0.4 is 10.6 Å². The molecule has 0 fully saturated rings. The van der Waals surface area contributed by atoms with Gasteiger partial charge in [0.2, 0.25) is 11.8 Å². The van der Waals surface area contributed by atoms with Crippen molar-refractivity contribution in [3.8, 4) is 0 Å². The zero-order chi connectivity index (χ0) is 20.1. The van der Waals surface area contributed by atoms with Gasteiger partial charge in [-0.25, -0.2) is 8.78 Å². The first-order valence-corrected chi connectivity index (χ1v) is 9.23. The van der Waals surface area contributed by atoms with Crippen molar-refractivity contribution >= 4 is 17.5 Å². The van der Waals surface area contributed by atoms with Crippen LogP contribution in [0, 0.1) is 11.6 Å². The van der Waals surface area contributed by atoms with E-state index < -0.39 is 17.5 Å². The molecular weight excluding hydrogens is 364 g/mol. The van der Waals surface area contributed by atoms with Gasteiger partial charge < -0.3 is 10.6 Å². The van der Waals surface area contributed by atoms with Crippen molar-refractivity contribution in [2.24, 2.45) is 0 Å². The van der Waals surface area contributed by atoms with Crippen LogP contribution in [0.25, 0.3) is 0 Å². The van der Waals surface area contributed by atoms with Crippen molar-refractivity contribution in [1.29, 1.82) is 0 Å². The van der Waals surface area contributed by atoms with E-state index in [0.29, 0.717) is 0 Å². The zero-order valence-corrected chi connectivity index (χ0v) is 15.7. The zero-order valence-electron chi connectivity index (χ0n) is 15.7. The van der Waals surface area contributed by atoms with Gasteiger partial charge in [0.05, 0.1) is 13.1 Å². The predicted molar refractivity (Wildman–Crippen MR) is 103 cm³/mol. The van der Waals surface area contributed by atoms with Crippen LogP contribution in [-0.2, 0) is 16.0 Å². The van der Waals surface area contributed by atoms with E-state index in [2.05, 4.69) is 22.8 Å². The summed E-state index contributed by atoms with van der Waals surface area (Å²) in [5, 5.41) is 4.98. The number of hydrogen-bond donors (Lipinski definition) is 2. The number of anilines is 1. The number of nitrogens with zero attached hydrogens (tertiary/aromatic N) is 1. The summed E-state index contributed by atoms with van der Waals surface area (Å²) in [5.74, 6) is -2.81. The van der Waals surface area contributed by atoms with Crippen molar-refractivity contribution in [3.05, 3.63) is 65.2 Å². The molecule has 0 aromatic heterocycles. The SMILES string of the molecule is CN(CC(=O)NCC(=O)Nc1ccc(F)c(F)c1)[C@H]1CCCc2ccccc21. The fourth-order valence-corrected chi connectivity index (χ4v) is 3.54. The van der Waals surface area contributed by atoms with E-state index >= 15 is 0 Å². The molecule has 1 aliphatic rings. The van der Waals surface area contributed by atoms with Crippen LogP contribution in [0.15, 0.2) is 42.5 Å². The van der Waals surface area contributed by atoms with Crippen LogP contribution >= 0.6 is 0 Å². The highest BCUT2D eigenvalue weighted by atomic mass is 19.2. The molecule has 0 saturated carbocycles. The van der Waals surface area contributed by atoms with Crippen LogP contribution in [0.4, 0.5) is 14.5 Å². The molecule has 1 aliphatic carbocycles. The van der Waals surface area contributed by atoms with Crippen LogP contribution in [0.5, 0.6) is 0 Å². The number of amides is 2. The van der Waals surface area contributed by atoms with Crippen molar-refractivity contribution in [3.63, 3.8) is 0 Å². The number of rotatable bonds is 6. The number of aryl methyl sites for hydroxylation is 1. The third-order valence-electron chi connectivity index (χ3n) is 4.91. The highest BCUT2D eigenvalue weighted by molar-refractivity contribution is 5.94. The Hall–Kier alpha value is -2.80. The Kier molecular flexibility index (Phi) is 6.36.